The van der Waals surface area contributed by atoms with E-state index in [1.807, 2.05) is 18.2 Å². The monoisotopic (exact) mass is 436 g/mol. The Kier molecular flexibility index (Phi) is 5.34. The molecule has 0 aromatic heterocycles. The Bertz CT molecular complexity index is 923. The van der Waals surface area contributed by atoms with E-state index in [-0.39, 0.29) is 34.6 Å². The van der Waals surface area contributed by atoms with Crippen LogP contribution in [0.4, 0.5) is 0 Å². The first kappa shape index (κ1) is 21.9. The van der Waals surface area contributed by atoms with Crippen molar-refractivity contribution in [2.75, 3.05) is 0 Å². The van der Waals surface area contributed by atoms with E-state index in [0.717, 1.165) is 38.5 Å². The van der Waals surface area contributed by atoms with Gasteiger partial charge in [-0.15, -0.1) is 0 Å². The lowest BCUT2D eigenvalue weighted by Gasteiger charge is -2.61. The quantitative estimate of drug-likeness (QED) is 0.576. The van der Waals surface area contributed by atoms with Crippen LogP contribution in [-0.4, -0.2) is 23.6 Å². The zero-order valence-electron chi connectivity index (χ0n) is 19.6. The first-order valence-corrected chi connectivity index (χ1v) is 12.5. The maximum Gasteiger partial charge on any atom is 0.338 e. The van der Waals surface area contributed by atoms with Crippen molar-refractivity contribution in [2.45, 2.75) is 78.2 Å². The average molecular weight is 437 g/mol. The standard InChI is InChI=1S/C28H36O4/c1-17(29)22-11-12-23-21-10-9-19-15-20(30)13-14-27(19,2)24(21)16-25(28(22,23)3)32-26(31)18-7-5-4-6-8-18/h4-8,19,21-25H,9-16H2,1-3H3/t19-,21-,22+,23-,24-,25-,27-,28+/m0/s1. The van der Waals surface area contributed by atoms with Gasteiger partial charge in [-0.1, -0.05) is 32.0 Å². The third kappa shape index (κ3) is 3.20. The summed E-state index contributed by atoms with van der Waals surface area (Å²) in [4.78, 5) is 38.1. The second-order valence-electron chi connectivity index (χ2n) is 11.5. The van der Waals surface area contributed by atoms with E-state index >= 15 is 0 Å². The Balaban J connectivity index is 1.51. The number of ketones is 2. The van der Waals surface area contributed by atoms with Crippen LogP contribution in [0.2, 0.25) is 0 Å². The minimum atomic E-state index is -0.300. The van der Waals surface area contributed by atoms with Crippen molar-refractivity contribution in [1.29, 1.82) is 0 Å². The Morgan fingerprint density at radius 3 is 2.47 bits per heavy atom. The highest BCUT2D eigenvalue weighted by Crippen LogP contribution is 2.67. The van der Waals surface area contributed by atoms with E-state index in [4.69, 9.17) is 4.74 Å². The molecule has 0 amide bonds. The van der Waals surface area contributed by atoms with E-state index < -0.39 is 0 Å². The Hall–Kier alpha value is -1.97. The molecule has 0 radical (unpaired) electrons. The molecule has 4 heteroatoms. The summed E-state index contributed by atoms with van der Waals surface area (Å²) in [5, 5.41) is 0. The number of carbonyl (C=O) groups excluding carboxylic acids is 3. The number of hydrogen-bond acceptors (Lipinski definition) is 4. The molecule has 5 rings (SSSR count). The van der Waals surface area contributed by atoms with E-state index in [1.54, 1.807) is 19.1 Å². The third-order valence-corrected chi connectivity index (χ3v) is 10.3. The molecule has 0 spiro atoms. The van der Waals surface area contributed by atoms with Crippen molar-refractivity contribution in [1.82, 2.24) is 0 Å². The first-order valence-electron chi connectivity index (χ1n) is 12.5. The minimum Gasteiger partial charge on any atom is -0.458 e. The van der Waals surface area contributed by atoms with Gasteiger partial charge in [0.1, 0.15) is 17.7 Å². The molecule has 32 heavy (non-hydrogen) atoms. The normalized spacial score (nSPS) is 43.0. The summed E-state index contributed by atoms with van der Waals surface area (Å²) >= 11 is 0. The molecule has 1 aromatic rings. The van der Waals surface area contributed by atoms with Gasteiger partial charge in [0.15, 0.2) is 0 Å². The Morgan fingerprint density at radius 2 is 1.75 bits per heavy atom. The fraction of sp³-hybridized carbons (Fsp3) is 0.679. The second kappa shape index (κ2) is 7.81. The summed E-state index contributed by atoms with van der Waals surface area (Å²) < 4.78 is 6.31. The van der Waals surface area contributed by atoms with Crippen LogP contribution in [0.15, 0.2) is 30.3 Å². The van der Waals surface area contributed by atoms with Crippen LogP contribution in [0, 0.1) is 40.4 Å². The summed E-state index contributed by atoms with van der Waals surface area (Å²) in [6.45, 7) is 6.34. The minimum absolute atomic E-state index is 0.0412. The van der Waals surface area contributed by atoms with E-state index in [2.05, 4.69) is 13.8 Å². The van der Waals surface area contributed by atoms with Gasteiger partial charge in [0.25, 0.3) is 0 Å². The summed E-state index contributed by atoms with van der Waals surface area (Å²) in [7, 11) is 0. The number of ether oxygens (including phenoxy) is 1. The highest BCUT2D eigenvalue weighted by atomic mass is 16.5. The van der Waals surface area contributed by atoms with Gasteiger partial charge in [-0.3, -0.25) is 9.59 Å². The van der Waals surface area contributed by atoms with Gasteiger partial charge >= 0.3 is 5.97 Å². The highest BCUT2D eigenvalue weighted by molar-refractivity contribution is 5.89. The van der Waals surface area contributed by atoms with Crippen molar-refractivity contribution in [2.24, 2.45) is 40.4 Å². The number of hydrogen-bond donors (Lipinski definition) is 0. The van der Waals surface area contributed by atoms with E-state index in [9.17, 15) is 14.4 Å². The van der Waals surface area contributed by atoms with Crippen LogP contribution < -0.4 is 0 Å². The lowest BCUT2D eigenvalue weighted by molar-refractivity contribution is -0.171. The van der Waals surface area contributed by atoms with Gasteiger partial charge in [0.05, 0.1) is 5.56 Å². The van der Waals surface area contributed by atoms with Gasteiger partial charge < -0.3 is 4.74 Å². The number of Topliss-reactive ketones (excluding diaryl/α,β-unsaturated/α-hetero) is 2. The predicted octanol–water partition coefficient (Wildman–Crippen LogP) is 5.64. The van der Waals surface area contributed by atoms with Crippen LogP contribution >= 0.6 is 0 Å². The lowest BCUT2D eigenvalue weighted by Crippen LogP contribution is -2.59. The van der Waals surface area contributed by atoms with Crippen molar-refractivity contribution >= 4 is 17.5 Å². The van der Waals surface area contributed by atoms with Crippen LogP contribution in [-0.2, 0) is 14.3 Å². The van der Waals surface area contributed by atoms with Crippen molar-refractivity contribution in [3.63, 3.8) is 0 Å². The third-order valence-electron chi connectivity index (χ3n) is 10.3. The molecule has 0 unspecified atom stereocenters. The fourth-order valence-electron chi connectivity index (χ4n) is 8.59. The second-order valence-corrected chi connectivity index (χ2v) is 11.5. The molecule has 4 aliphatic rings. The topological polar surface area (TPSA) is 60.4 Å². The summed E-state index contributed by atoms with van der Waals surface area (Å²) in [6.07, 6.45) is 7.12. The largest absolute Gasteiger partial charge is 0.458 e. The molecule has 4 aliphatic carbocycles. The van der Waals surface area contributed by atoms with Gasteiger partial charge in [-0.05, 0) is 86.7 Å². The van der Waals surface area contributed by atoms with Crippen molar-refractivity contribution in [3.8, 4) is 0 Å². The van der Waals surface area contributed by atoms with Gasteiger partial charge in [0.2, 0.25) is 0 Å². The van der Waals surface area contributed by atoms with Crippen molar-refractivity contribution < 1.29 is 19.1 Å². The molecule has 4 fully saturated rings. The molecule has 4 saturated carbocycles. The molecular formula is C28H36O4. The number of fused-ring (bicyclic) bond motifs is 5. The Labute approximate surface area is 191 Å². The molecular weight excluding hydrogens is 400 g/mol. The van der Waals surface area contributed by atoms with E-state index in [1.165, 1.54) is 0 Å². The molecule has 4 nitrogen and oxygen atoms in total. The molecule has 0 N–H and O–H groups in total. The van der Waals surface area contributed by atoms with Crippen LogP contribution in [0.5, 0.6) is 0 Å². The van der Waals surface area contributed by atoms with Gasteiger partial charge in [0, 0.05) is 24.2 Å². The van der Waals surface area contributed by atoms with Gasteiger partial charge in [-0.25, -0.2) is 4.79 Å². The molecule has 0 heterocycles. The summed E-state index contributed by atoms with van der Waals surface area (Å²) in [5.41, 5.74) is 0.401. The maximum atomic E-state index is 13.1. The number of esters is 1. The first-order chi connectivity index (χ1) is 15.2. The van der Waals surface area contributed by atoms with Crippen LogP contribution in [0.25, 0.3) is 0 Å². The molecule has 172 valence electrons. The van der Waals surface area contributed by atoms with Crippen molar-refractivity contribution in [3.05, 3.63) is 35.9 Å². The maximum absolute atomic E-state index is 13.1. The van der Waals surface area contributed by atoms with Gasteiger partial charge in [-0.2, -0.15) is 0 Å². The number of carbonyl (C=O) groups is 3. The number of rotatable bonds is 3. The smallest absolute Gasteiger partial charge is 0.338 e. The zero-order valence-corrected chi connectivity index (χ0v) is 19.6. The molecule has 1 aromatic carbocycles. The zero-order chi connectivity index (χ0) is 22.7. The average Bonchev–Trinajstić information content (AvgIpc) is 3.14. The highest BCUT2D eigenvalue weighted by Gasteiger charge is 2.65. The van der Waals surface area contributed by atoms with E-state index in [0.29, 0.717) is 47.9 Å². The SMILES string of the molecule is CC(=O)[C@H]1CC[C@H]2[C@@H]3CC[C@H]4CC(=O)CC[C@]4(C)[C@H]3C[C@H](OC(=O)c3ccccc3)[C@]12C. The predicted molar refractivity (Wildman–Crippen MR) is 122 cm³/mol. The molecule has 8 atom stereocenters. The Morgan fingerprint density at radius 1 is 1.00 bits per heavy atom. The lowest BCUT2D eigenvalue weighted by atomic mass is 9.44. The summed E-state index contributed by atoms with van der Waals surface area (Å²) in [6, 6.07) is 9.22. The summed E-state index contributed by atoms with van der Waals surface area (Å²) in [5.74, 6) is 2.19. The van der Waals surface area contributed by atoms with Crippen LogP contribution in [0.1, 0.15) is 82.5 Å². The number of benzene rings is 1. The molecule has 0 aliphatic heterocycles. The molecule has 0 bridgehead atoms. The van der Waals surface area contributed by atoms with Crippen LogP contribution in [0.3, 0.4) is 0 Å². The molecule has 0 saturated heterocycles. The fourth-order valence-corrected chi connectivity index (χ4v) is 8.59.